The Morgan fingerprint density at radius 3 is 1.72 bits per heavy atom. The zero-order chi connectivity index (χ0) is 14.0. The van der Waals surface area contributed by atoms with Gasteiger partial charge in [-0.05, 0) is 35.8 Å². The molecular formula is C16H24N2. The Bertz CT molecular complexity index is 477. The second-order valence-corrected chi connectivity index (χ2v) is 5.86. The van der Waals surface area contributed by atoms with Crippen LogP contribution in [0.1, 0.15) is 87.4 Å². The molecular weight excluding hydrogens is 220 g/mol. The number of aryl methyl sites for hydroxylation is 1. The van der Waals surface area contributed by atoms with Crippen LogP contribution in [0, 0.1) is 18.3 Å². The summed E-state index contributed by atoms with van der Waals surface area (Å²) in [6, 6.07) is 2.39. The second kappa shape index (κ2) is 5.52. The summed E-state index contributed by atoms with van der Waals surface area (Å²) in [5.41, 5.74) is 5.28. The third-order valence-corrected chi connectivity index (χ3v) is 3.31. The number of hydrogen-bond donors (Lipinski definition) is 0. The third-order valence-electron chi connectivity index (χ3n) is 3.31. The molecule has 98 valence electrons. The highest BCUT2D eigenvalue weighted by molar-refractivity contribution is 5.51. The first-order valence-electron chi connectivity index (χ1n) is 6.75. The summed E-state index contributed by atoms with van der Waals surface area (Å²) < 4.78 is 0. The molecule has 0 fully saturated rings. The Morgan fingerprint density at radius 1 is 0.889 bits per heavy atom. The lowest BCUT2D eigenvalue weighted by atomic mass is 9.84. The topological polar surface area (TPSA) is 36.7 Å². The molecule has 0 atom stereocenters. The van der Waals surface area contributed by atoms with Gasteiger partial charge in [-0.15, -0.1) is 0 Å². The largest absolute Gasteiger partial charge is 0.256 e. The Balaban J connectivity index is 3.74. The SMILES string of the molecule is Cc1nc(C(C)C)c(C#N)c(C(C)C)c1C(C)C. The van der Waals surface area contributed by atoms with E-state index in [-0.39, 0.29) is 5.92 Å². The molecule has 1 heterocycles. The molecule has 0 aliphatic rings. The Hall–Kier alpha value is -1.36. The van der Waals surface area contributed by atoms with Crippen LogP contribution in [0.4, 0.5) is 0 Å². The van der Waals surface area contributed by atoms with Crippen molar-refractivity contribution in [3.63, 3.8) is 0 Å². The molecule has 2 heteroatoms. The first-order chi connectivity index (χ1) is 8.31. The minimum Gasteiger partial charge on any atom is -0.256 e. The molecule has 1 rings (SSSR count). The van der Waals surface area contributed by atoms with Crippen molar-refractivity contribution in [2.24, 2.45) is 0 Å². The highest BCUT2D eigenvalue weighted by atomic mass is 14.7. The van der Waals surface area contributed by atoms with Crippen LogP contribution >= 0.6 is 0 Å². The number of hydrogen-bond acceptors (Lipinski definition) is 2. The van der Waals surface area contributed by atoms with Gasteiger partial charge in [0, 0.05) is 5.69 Å². The van der Waals surface area contributed by atoms with Crippen molar-refractivity contribution in [1.82, 2.24) is 4.98 Å². The lowest BCUT2D eigenvalue weighted by Crippen LogP contribution is -2.11. The van der Waals surface area contributed by atoms with Crippen LogP contribution in [-0.4, -0.2) is 4.98 Å². The maximum absolute atomic E-state index is 9.50. The van der Waals surface area contributed by atoms with E-state index in [2.05, 4.69) is 59.5 Å². The van der Waals surface area contributed by atoms with Gasteiger partial charge in [-0.1, -0.05) is 41.5 Å². The Morgan fingerprint density at radius 2 is 1.39 bits per heavy atom. The predicted octanol–water partition coefficient (Wildman–Crippen LogP) is 4.63. The third kappa shape index (κ3) is 2.56. The van der Waals surface area contributed by atoms with Crippen molar-refractivity contribution in [2.75, 3.05) is 0 Å². The van der Waals surface area contributed by atoms with Gasteiger partial charge in [0.1, 0.15) is 6.07 Å². The summed E-state index contributed by atoms with van der Waals surface area (Å²) in [6.45, 7) is 14.9. The van der Waals surface area contributed by atoms with Gasteiger partial charge in [0.15, 0.2) is 0 Å². The van der Waals surface area contributed by atoms with Gasteiger partial charge < -0.3 is 0 Å². The van der Waals surface area contributed by atoms with E-state index in [1.165, 1.54) is 11.1 Å². The number of nitrogens with zero attached hydrogens (tertiary/aromatic N) is 2. The van der Waals surface area contributed by atoms with E-state index in [0.717, 1.165) is 17.0 Å². The molecule has 0 aromatic carbocycles. The molecule has 0 unspecified atom stereocenters. The first-order valence-corrected chi connectivity index (χ1v) is 6.75. The van der Waals surface area contributed by atoms with Crippen molar-refractivity contribution < 1.29 is 0 Å². The van der Waals surface area contributed by atoms with Crippen LogP contribution in [0.15, 0.2) is 0 Å². The fourth-order valence-electron chi connectivity index (χ4n) is 2.63. The van der Waals surface area contributed by atoms with E-state index < -0.39 is 0 Å². The van der Waals surface area contributed by atoms with Gasteiger partial charge in [0.2, 0.25) is 0 Å². The van der Waals surface area contributed by atoms with Crippen LogP contribution < -0.4 is 0 Å². The number of nitriles is 1. The summed E-state index contributed by atoms with van der Waals surface area (Å²) in [4.78, 5) is 4.69. The van der Waals surface area contributed by atoms with Crippen LogP contribution in [-0.2, 0) is 0 Å². The van der Waals surface area contributed by atoms with Crippen molar-refractivity contribution >= 4 is 0 Å². The fraction of sp³-hybridized carbons (Fsp3) is 0.625. The Labute approximate surface area is 111 Å². The molecule has 0 amide bonds. The minimum absolute atomic E-state index is 0.289. The first kappa shape index (κ1) is 14.7. The number of aromatic nitrogens is 1. The quantitative estimate of drug-likeness (QED) is 0.777. The summed E-state index contributed by atoms with van der Waals surface area (Å²) in [6.07, 6.45) is 0. The van der Waals surface area contributed by atoms with Gasteiger partial charge in [0.05, 0.1) is 11.3 Å². The zero-order valence-corrected chi connectivity index (χ0v) is 12.6. The molecule has 0 bridgehead atoms. The number of rotatable bonds is 3. The smallest absolute Gasteiger partial charge is 0.101 e. The average Bonchev–Trinajstić information content (AvgIpc) is 2.26. The highest BCUT2D eigenvalue weighted by Crippen LogP contribution is 2.34. The average molecular weight is 244 g/mol. The summed E-state index contributed by atoms with van der Waals surface area (Å²) in [5.74, 6) is 1.05. The monoisotopic (exact) mass is 244 g/mol. The maximum atomic E-state index is 9.50. The van der Waals surface area contributed by atoms with Gasteiger partial charge in [-0.25, -0.2) is 0 Å². The van der Waals surface area contributed by atoms with E-state index in [9.17, 15) is 5.26 Å². The van der Waals surface area contributed by atoms with E-state index in [1.54, 1.807) is 0 Å². The number of pyridine rings is 1. The van der Waals surface area contributed by atoms with Crippen molar-refractivity contribution in [3.05, 3.63) is 28.1 Å². The lowest BCUT2D eigenvalue weighted by Gasteiger charge is -2.22. The predicted molar refractivity (Wildman–Crippen MR) is 76.0 cm³/mol. The zero-order valence-electron chi connectivity index (χ0n) is 12.6. The molecule has 0 saturated heterocycles. The molecule has 1 aromatic heterocycles. The standard InChI is InChI=1S/C16H24N2/c1-9(2)14-12(7)18-16(11(5)6)13(8-17)15(14)10(3)4/h9-11H,1-7H3. The van der Waals surface area contributed by atoms with Crippen molar-refractivity contribution in [1.29, 1.82) is 5.26 Å². The fourth-order valence-corrected chi connectivity index (χ4v) is 2.63. The molecule has 0 radical (unpaired) electrons. The molecule has 0 aliphatic heterocycles. The van der Waals surface area contributed by atoms with Crippen LogP contribution in [0.5, 0.6) is 0 Å². The van der Waals surface area contributed by atoms with Gasteiger partial charge in [0.25, 0.3) is 0 Å². The molecule has 0 saturated carbocycles. The van der Waals surface area contributed by atoms with Gasteiger partial charge in [-0.3, -0.25) is 4.98 Å². The van der Waals surface area contributed by atoms with E-state index >= 15 is 0 Å². The summed E-state index contributed by atoms with van der Waals surface area (Å²) in [5, 5.41) is 9.50. The summed E-state index contributed by atoms with van der Waals surface area (Å²) >= 11 is 0. The molecule has 2 nitrogen and oxygen atoms in total. The second-order valence-electron chi connectivity index (χ2n) is 5.86. The van der Waals surface area contributed by atoms with Crippen LogP contribution in [0.2, 0.25) is 0 Å². The van der Waals surface area contributed by atoms with E-state index in [4.69, 9.17) is 0 Å². The molecule has 1 aromatic rings. The van der Waals surface area contributed by atoms with E-state index in [0.29, 0.717) is 11.8 Å². The summed E-state index contributed by atoms with van der Waals surface area (Å²) in [7, 11) is 0. The van der Waals surface area contributed by atoms with Crippen LogP contribution in [0.3, 0.4) is 0 Å². The molecule has 0 aliphatic carbocycles. The van der Waals surface area contributed by atoms with E-state index in [1.807, 2.05) is 0 Å². The molecule has 0 N–H and O–H groups in total. The maximum Gasteiger partial charge on any atom is 0.101 e. The molecule has 18 heavy (non-hydrogen) atoms. The van der Waals surface area contributed by atoms with Gasteiger partial charge >= 0.3 is 0 Å². The van der Waals surface area contributed by atoms with Crippen molar-refractivity contribution in [3.8, 4) is 6.07 Å². The molecule has 0 spiro atoms. The highest BCUT2D eigenvalue weighted by Gasteiger charge is 2.22. The van der Waals surface area contributed by atoms with Gasteiger partial charge in [-0.2, -0.15) is 5.26 Å². The minimum atomic E-state index is 0.289. The lowest BCUT2D eigenvalue weighted by molar-refractivity contribution is 0.737. The normalized spacial score (nSPS) is 11.4. The Kier molecular flexibility index (Phi) is 4.51. The van der Waals surface area contributed by atoms with Crippen LogP contribution in [0.25, 0.3) is 0 Å². The van der Waals surface area contributed by atoms with Crippen molar-refractivity contribution in [2.45, 2.75) is 66.2 Å².